The van der Waals surface area contributed by atoms with Crippen molar-refractivity contribution in [1.82, 2.24) is 10.2 Å². The van der Waals surface area contributed by atoms with Crippen LogP contribution >= 0.6 is 11.6 Å². The van der Waals surface area contributed by atoms with E-state index in [9.17, 15) is 9.59 Å². The summed E-state index contributed by atoms with van der Waals surface area (Å²) in [6.45, 7) is 6.46. The molecule has 0 radical (unpaired) electrons. The van der Waals surface area contributed by atoms with Crippen LogP contribution < -0.4 is 10.1 Å². The number of benzene rings is 2. The fourth-order valence-electron chi connectivity index (χ4n) is 3.32. The molecule has 27 heavy (non-hydrogen) atoms. The average Bonchev–Trinajstić information content (AvgIpc) is 2.81. The first kappa shape index (κ1) is 19.2. The smallest absolute Gasteiger partial charge is 0.325 e. The number of nitrogens with one attached hydrogen (secondary N) is 1. The summed E-state index contributed by atoms with van der Waals surface area (Å²) in [6, 6.07) is 12.6. The van der Waals surface area contributed by atoms with E-state index in [1.807, 2.05) is 26.0 Å². The molecule has 1 heterocycles. The van der Waals surface area contributed by atoms with Gasteiger partial charge in [0.25, 0.3) is 5.91 Å². The Labute approximate surface area is 164 Å². The van der Waals surface area contributed by atoms with Crippen molar-refractivity contribution in [1.29, 1.82) is 0 Å². The van der Waals surface area contributed by atoms with Crippen LogP contribution in [0.4, 0.5) is 4.79 Å². The van der Waals surface area contributed by atoms with Gasteiger partial charge in [0.05, 0.1) is 6.61 Å². The highest BCUT2D eigenvalue weighted by Gasteiger charge is 2.48. The third-order valence-corrected chi connectivity index (χ3v) is 4.90. The molecule has 3 amide bonds. The highest BCUT2D eigenvalue weighted by molar-refractivity contribution is 6.30. The fraction of sp³-hybridized carbons (Fsp3) is 0.333. The monoisotopic (exact) mass is 386 g/mol. The largest absolute Gasteiger partial charge is 0.494 e. The maximum Gasteiger partial charge on any atom is 0.325 e. The molecular weight excluding hydrogens is 364 g/mol. The number of aryl methyl sites for hydroxylation is 2. The molecule has 1 aliphatic heterocycles. The molecule has 0 aliphatic carbocycles. The topological polar surface area (TPSA) is 58.6 Å². The van der Waals surface area contributed by atoms with Gasteiger partial charge in [-0.2, -0.15) is 0 Å². The molecular formula is C21H23ClN2O3. The molecule has 2 aromatic carbocycles. The minimum atomic E-state index is -1.10. The summed E-state index contributed by atoms with van der Waals surface area (Å²) in [4.78, 5) is 26.4. The molecule has 6 heteroatoms. The second kappa shape index (κ2) is 7.61. The first-order valence-electron chi connectivity index (χ1n) is 8.91. The van der Waals surface area contributed by atoms with Crippen LogP contribution in [0.25, 0.3) is 0 Å². The Morgan fingerprint density at radius 3 is 2.48 bits per heavy atom. The summed E-state index contributed by atoms with van der Waals surface area (Å²) < 4.78 is 5.76. The summed E-state index contributed by atoms with van der Waals surface area (Å²) in [7, 11) is 0. The molecule has 0 bridgehead atoms. The van der Waals surface area contributed by atoms with Crippen LogP contribution in [0, 0.1) is 13.8 Å². The number of imide groups is 1. The lowest BCUT2D eigenvalue weighted by Crippen LogP contribution is -2.41. The number of rotatable bonds is 6. The number of carbonyl (C=O) groups excluding carboxylic acids is 2. The number of halogens is 1. The van der Waals surface area contributed by atoms with Gasteiger partial charge < -0.3 is 10.1 Å². The van der Waals surface area contributed by atoms with Crippen molar-refractivity contribution in [2.24, 2.45) is 0 Å². The number of hydrogen-bond acceptors (Lipinski definition) is 3. The second-order valence-corrected chi connectivity index (χ2v) is 7.48. The van der Waals surface area contributed by atoms with Crippen molar-refractivity contribution < 1.29 is 14.3 Å². The van der Waals surface area contributed by atoms with E-state index in [4.69, 9.17) is 16.3 Å². The Morgan fingerprint density at radius 2 is 1.81 bits per heavy atom. The van der Waals surface area contributed by atoms with E-state index in [1.54, 1.807) is 31.2 Å². The first-order valence-corrected chi connectivity index (χ1v) is 9.28. The van der Waals surface area contributed by atoms with Crippen molar-refractivity contribution in [3.63, 3.8) is 0 Å². The summed E-state index contributed by atoms with van der Waals surface area (Å²) in [5.41, 5.74) is 1.84. The summed E-state index contributed by atoms with van der Waals surface area (Å²) in [5, 5.41) is 3.31. The number of amides is 3. The minimum absolute atomic E-state index is 0.277. The van der Waals surface area contributed by atoms with Crippen LogP contribution in [0.2, 0.25) is 5.02 Å². The first-order chi connectivity index (χ1) is 12.8. The molecule has 1 N–H and O–H groups in total. The molecule has 142 valence electrons. The van der Waals surface area contributed by atoms with Gasteiger partial charge in [0.15, 0.2) is 0 Å². The van der Waals surface area contributed by atoms with Crippen molar-refractivity contribution in [2.45, 2.75) is 32.7 Å². The molecule has 0 spiro atoms. The SMILES string of the molecule is Cc1cc(C)cc(OCCCN2C(=O)NC(C)(c3cccc(Cl)c3)C2=O)c1. The molecule has 0 aromatic heterocycles. The molecule has 1 unspecified atom stereocenters. The van der Waals surface area contributed by atoms with Crippen molar-refractivity contribution in [3.05, 3.63) is 64.2 Å². The standard InChI is InChI=1S/C21H23ClN2O3/c1-14-10-15(2)12-18(11-14)27-9-5-8-24-19(25)21(3,23-20(24)26)16-6-4-7-17(22)13-16/h4,6-7,10-13H,5,8-9H2,1-3H3,(H,23,26). The Hall–Kier alpha value is -2.53. The van der Waals surface area contributed by atoms with Crippen LogP contribution in [-0.2, 0) is 10.3 Å². The number of nitrogens with zero attached hydrogens (tertiary/aromatic N) is 1. The van der Waals surface area contributed by atoms with Crippen LogP contribution in [-0.4, -0.2) is 30.0 Å². The highest BCUT2D eigenvalue weighted by Crippen LogP contribution is 2.30. The zero-order valence-electron chi connectivity index (χ0n) is 15.7. The van der Waals surface area contributed by atoms with E-state index in [0.29, 0.717) is 30.2 Å². The second-order valence-electron chi connectivity index (χ2n) is 7.05. The quantitative estimate of drug-likeness (QED) is 0.598. The zero-order chi connectivity index (χ0) is 19.6. The molecule has 0 saturated carbocycles. The lowest BCUT2D eigenvalue weighted by atomic mass is 9.92. The maximum atomic E-state index is 12.9. The van der Waals surface area contributed by atoms with Gasteiger partial charge in [-0.05, 0) is 68.1 Å². The highest BCUT2D eigenvalue weighted by atomic mass is 35.5. The predicted octanol–water partition coefficient (Wildman–Crippen LogP) is 4.19. The van der Waals surface area contributed by atoms with Gasteiger partial charge in [-0.15, -0.1) is 0 Å². The summed E-state index contributed by atoms with van der Waals surface area (Å²) >= 11 is 6.03. The molecule has 3 rings (SSSR count). The zero-order valence-corrected chi connectivity index (χ0v) is 16.5. The van der Waals surface area contributed by atoms with Crippen molar-refractivity contribution in [3.8, 4) is 5.75 Å². The van der Waals surface area contributed by atoms with E-state index < -0.39 is 11.6 Å². The van der Waals surface area contributed by atoms with E-state index >= 15 is 0 Å². The van der Waals surface area contributed by atoms with Crippen LogP contribution in [0.5, 0.6) is 5.75 Å². The predicted molar refractivity (Wildman–Crippen MR) is 105 cm³/mol. The molecule has 1 fully saturated rings. The Balaban J connectivity index is 1.61. The number of carbonyl (C=O) groups is 2. The van der Waals surface area contributed by atoms with Gasteiger partial charge in [0.2, 0.25) is 0 Å². The molecule has 1 aliphatic rings. The number of ether oxygens (including phenoxy) is 1. The van der Waals surface area contributed by atoms with E-state index in [1.165, 1.54) is 4.90 Å². The normalized spacial score (nSPS) is 19.3. The molecule has 1 saturated heterocycles. The third-order valence-electron chi connectivity index (χ3n) is 4.67. The van der Waals surface area contributed by atoms with Crippen LogP contribution in [0.1, 0.15) is 30.0 Å². The number of urea groups is 1. The Bertz CT molecular complexity index is 863. The molecule has 1 atom stereocenters. The molecule has 5 nitrogen and oxygen atoms in total. The maximum absolute atomic E-state index is 12.9. The van der Waals surface area contributed by atoms with Gasteiger partial charge in [0, 0.05) is 11.6 Å². The van der Waals surface area contributed by atoms with Crippen molar-refractivity contribution >= 4 is 23.5 Å². The van der Waals surface area contributed by atoms with Gasteiger partial charge in [-0.1, -0.05) is 29.8 Å². The van der Waals surface area contributed by atoms with E-state index in [2.05, 4.69) is 11.4 Å². The van der Waals surface area contributed by atoms with Gasteiger partial charge in [0.1, 0.15) is 11.3 Å². The lowest BCUT2D eigenvalue weighted by molar-refractivity contribution is -0.131. The van der Waals surface area contributed by atoms with Gasteiger partial charge >= 0.3 is 6.03 Å². The van der Waals surface area contributed by atoms with Crippen LogP contribution in [0.3, 0.4) is 0 Å². The Morgan fingerprint density at radius 1 is 1.11 bits per heavy atom. The Kier molecular flexibility index (Phi) is 5.42. The minimum Gasteiger partial charge on any atom is -0.494 e. The lowest BCUT2D eigenvalue weighted by Gasteiger charge is -2.22. The number of hydrogen-bond donors (Lipinski definition) is 1. The van der Waals surface area contributed by atoms with Gasteiger partial charge in [-0.3, -0.25) is 9.69 Å². The van der Waals surface area contributed by atoms with E-state index in [0.717, 1.165) is 16.9 Å². The summed E-state index contributed by atoms with van der Waals surface area (Å²) in [5.74, 6) is 0.523. The summed E-state index contributed by atoms with van der Waals surface area (Å²) in [6.07, 6.45) is 0.553. The van der Waals surface area contributed by atoms with Crippen LogP contribution in [0.15, 0.2) is 42.5 Å². The fourth-order valence-corrected chi connectivity index (χ4v) is 3.51. The van der Waals surface area contributed by atoms with E-state index in [-0.39, 0.29) is 5.91 Å². The molecule has 2 aromatic rings. The third kappa shape index (κ3) is 4.08. The van der Waals surface area contributed by atoms with Crippen molar-refractivity contribution in [2.75, 3.05) is 13.2 Å². The van der Waals surface area contributed by atoms with Gasteiger partial charge in [-0.25, -0.2) is 4.79 Å². The average molecular weight is 387 g/mol.